The maximum absolute atomic E-state index is 12.7. The number of non-ortho nitro benzene ring substituents is 1. The second kappa shape index (κ2) is 8.64. The van der Waals surface area contributed by atoms with Gasteiger partial charge in [-0.05, 0) is 24.5 Å². The number of nitrogens with zero attached hydrogens (tertiary/aromatic N) is 2. The molecule has 3 rings (SSSR count). The van der Waals surface area contributed by atoms with Crippen molar-refractivity contribution in [1.29, 1.82) is 0 Å². The summed E-state index contributed by atoms with van der Waals surface area (Å²) in [7, 11) is 0. The molecule has 7 nitrogen and oxygen atoms in total. The van der Waals surface area contributed by atoms with E-state index < -0.39 is 10.8 Å². The van der Waals surface area contributed by atoms with Gasteiger partial charge >= 0.3 is 0 Å². The SMILES string of the molecule is O=C(NCc1ccccc1)c1cc([N+](=O)[O-])ccc1N(O)C1CCCCC1. The predicted molar refractivity (Wildman–Crippen MR) is 102 cm³/mol. The Morgan fingerprint density at radius 1 is 1.15 bits per heavy atom. The molecule has 7 heteroatoms. The Hall–Kier alpha value is -2.93. The lowest BCUT2D eigenvalue weighted by molar-refractivity contribution is -0.384. The number of hydrogen-bond donors (Lipinski definition) is 2. The minimum atomic E-state index is -0.542. The molecule has 0 atom stereocenters. The highest BCUT2D eigenvalue weighted by atomic mass is 16.6. The molecule has 27 heavy (non-hydrogen) atoms. The van der Waals surface area contributed by atoms with Gasteiger partial charge in [0.2, 0.25) is 0 Å². The van der Waals surface area contributed by atoms with Crippen LogP contribution in [0.15, 0.2) is 48.5 Å². The predicted octanol–water partition coefficient (Wildman–Crippen LogP) is 4.05. The summed E-state index contributed by atoms with van der Waals surface area (Å²) in [6.45, 7) is 0.302. The Morgan fingerprint density at radius 2 is 1.85 bits per heavy atom. The Morgan fingerprint density at radius 3 is 2.52 bits per heavy atom. The number of benzene rings is 2. The van der Waals surface area contributed by atoms with Gasteiger partial charge in [0, 0.05) is 18.7 Å². The lowest BCUT2D eigenvalue weighted by Crippen LogP contribution is -2.36. The summed E-state index contributed by atoms with van der Waals surface area (Å²) in [5, 5.41) is 25.7. The Bertz CT molecular complexity index is 804. The summed E-state index contributed by atoms with van der Waals surface area (Å²) in [4.78, 5) is 23.3. The molecule has 1 aliphatic carbocycles. The lowest BCUT2D eigenvalue weighted by atomic mass is 9.94. The van der Waals surface area contributed by atoms with E-state index >= 15 is 0 Å². The Labute approximate surface area is 157 Å². The molecule has 2 N–H and O–H groups in total. The minimum Gasteiger partial charge on any atom is -0.348 e. The molecule has 1 fully saturated rings. The average molecular weight is 369 g/mol. The summed E-state index contributed by atoms with van der Waals surface area (Å²) < 4.78 is 0. The fourth-order valence-electron chi connectivity index (χ4n) is 3.41. The van der Waals surface area contributed by atoms with Crippen molar-refractivity contribution in [1.82, 2.24) is 5.32 Å². The highest BCUT2D eigenvalue weighted by Crippen LogP contribution is 2.30. The number of nitro groups is 1. The van der Waals surface area contributed by atoms with Crippen LogP contribution in [-0.2, 0) is 6.54 Å². The second-order valence-electron chi connectivity index (χ2n) is 6.76. The number of amides is 1. The van der Waals surface area contributed by atoms with E-state index in [2.05, 4.69) is 5.32 Å². The van der Waals surface area contributed by atoms with E-state index in [1.807, 2.05) is 30.3 Å². The molecule has 0 heterocycles. The van der Waals surface area contributed by atoms with Crippen LogP contribution < -0.4 is 10.4 Å². The van der Waals surface area contributed by atoms with Crippen molar-refractivity contribution in [3.63, 3.8) is 0 Å². The Kier molecular flexibility index (Phi) is 6.03. The molecule has 0 saturated heterocycles. The Balaban J connectivity index is 1.84. The van der Waals surface area contributed by atoms with Crippen molar-refractivity contribution < 1.29 is 14.9 Å². The second-order valence-corrected chi connectivity index (χ2v) is 6.76. The lowest BCUT2D eigenvalue weighted by Gasteiger charge is -2.31. The van der Waals surface area contributed by atoms with Crippen LogP contribution in [0.2, 0.25) is 0 Å². The van der Waals surface area contributed by atoms with E-state index in [0.717, 1.165) is 42.7 Å². The molecule has 0 radical (unpaired) electrons. The van der Waals surface area contributed by atoms with Crippen LogP contribution in [0, 0.1) is 10.1 Å². The van der Waals surface area contributed by atoms with Crippen LogP contribution >= 0.6 is 0 Å². The van der Waals surface area contributed by atoms with Gasteiger partial charge in [0.15, 0.2) is 0 Å². The number of hydrogen-bond acceptors (Lipinski definition) is 5. The van der Waals surface area contributed by atoms with Crippen LogP contribution in [0.1, 0.15) is 48.0 Å². The first-order valence-corrected chi connectivity index (χ1v) is 9.15. The first-order chi connectivity index (χ1) is 13.1. The van der Waals surface area contributed by atoms with Crippen molar-refractivity contribution in [2.75, 3.05) is 5.06 Å². The molecule has 1 saturated carbocycles. The number of carbonyl (C=O) groups is 1. The zero-order valence-corrected chi connectivity index (χ0v) is 15.0. The van der Waals surface area contributed by atoms with Gasteiger partial charge < -0.3 is 5.32 Å². The van der Waals surface area contributed by atoms with Gasteiger partial charge in [-0.25, -0.2) is 0 Å². The van der Waals surface area contributed by atoms with Gasteiger partial charge in [0.1, 0.15) is 0 Å². The van der Waals surface area contributed by atoms with E-state index in [9.17, 15) is 20.1 Å². The van der Waals surface area contributed by atoms with E-state index in [1.165, 1.54) is 18.2 Å². The smallest absolute Gasteiger partial charge is 0.270 e. The molecule has 0 aliphatic heterocycles. The molecular formula is C20H23N3O4. The third-order valence-corrected chi connectivity index (χ3v) is 4.90. The summed E-state index contributed by atoms with van der Waals surface area (Å²) in [6, 6.07) is 13.3. The van der Waals surface area contributed by atoms with E-state index in [4.69, 9.17) is 0 Å². The third-order valence-electron chi connectivity index (χ3n) is 4.90. The number of anilines is 1. The molecule has 142 valence electrons. The van der Waals surface area contributed by atoms with Gasteiger partial charge in [-0.2, -0.15) is 0 Å². The maximum Gasteiger partial charge on any atom is 0.270 e. The topological polar surface area (TPSA) is 95.7 Å². The largest absolute Gasteiger partial charge is 0.348 e. The van der Waals surface area contributed by atoms with Crippen molar-refractivity contribution in [2.45, 2.75) is 44.7 Å². The van der Waals surface area contributed by atoms with Gasteiger partial charge in [-0.15, -0.1) is 0 Å². The van der Waals surface area contributed by atoms with Crippen molar-refractivity contribution in [2.24, 2.45) is 0 Å². The monoisotopic (exact) mass is 369 g/mol. The molecular weight excluding hydrogens is 346 g/mol. The molecule has 0 unspecified atom stereocenters. The summed E-state index contributed by atoms with van der Waals surface area (Å²) in [5.41, 5.74) is 1.15. The van der Waals surface area contributed by atoms with E-state index in [0.29, 0.717) is 12.2 Å². The van der Waals surface area contributed by atoms with Crippen LogP contribution in [0.3, 0.4) is 0 Å². The van der Waals surface area contributed by atoms with Crippen molar-refractivity contribution in [3.8, 4) is 0 Å². The fourth-order valence-corrected chi connectivity index (χ4v) is 3.41. The standard InChI is InChI=1S/C20H23N3O4/c24-20(21-14-15-7-3-1-4-8-15)18-13-17(23(26)27)11-12-19(18)22(25)16-9-5-2-6-10-16/h1,3-4,7-8,11-13,16,25H,2,5-6,9-10,14H2,(H,21,24). The van der Waals surface area contributed by atoms with Gasteiger partial charge in [-0.1, -0.05) is 49.6 Å². The quantitative estimate of drug-likeness (QED) is 0.591. The number of rotatable bonds is 6. The number of nitrogens with one attached hydrogen (secondary N) is 1. The zero-order valence-electron chi connectivity index (χ0n) is 15.0. The number of hydroxylamine groups is 1. The molecule has 1 aliphatic rings. The van der Waals surface area contributed by atoms with Crippen LogP contribution in [-0.4, -0.2) is 22.1 Å². The van der Waals surface area contributed by atoms with Crippen LogP contribution in [0.5, 0.6) is 0 Å². The molecule has 0 aromatic heterocycles. The summed E-state index contributed by atoms with van der Waals surface area (Å²) >= 11 is 0. The molecule has 2 aromatic carbocycles. The van der Waals surface area contributed by atoms with E-state index in [-0.39, 0.29) is 17.3 Å². The number of carbonyl (C=O) groups excluding carboxylic acids is 1. The van der Waals surface area contributed by atoms with Crippen molar-refractivity contribution >= 4 is 17.3 Å². The first kappa shape index (κ1) is 18.8. The van der Waals surface area contributed by atoms with Gasteiger partial charge in [0.25, 0.3) is 11.6 Å². The minimum absolute atomic E-state index is 0.0825. The highest BCUT2D eigenvalue weighted by Gasteiger charge is 2.25. The highest BCUT2D eigenvalue weighted by molar-refractivity contribution is 6.00. The van der Waals surface area contributed by atoms with E-state index in [1.54, 1.807) is 0 Å². The fraction of sp³-hybridized carbons (Fsp3) is 0.350. The van der Waals surface area contributed by atoms with Crippen LogP contribution in [0.25, 0.3) is 0 Å². The van der Waals surface area contributed by atoms with Crippen molar-refractivity contribution in [3.05, 3.63) is 69.8 Å². The molecule has 1 amide bonds. The van der Waals surface area contributed by atoms with Gasteiger partial charge in [0.05, 0.1) is 22.2 Å². The average Bonchev–Trinajstić information content (AvgIpc) is 2.72. The zero-order chi connectivity index (χ0) is 19.2. The van der Waals surface area contributed by atoms with Gasteiger partial charge in [-0.3, -0.25) is 25.2 Å². The van der Waals surface area contributed by atoms with Crippen LogP contribution in [0.4, 0.5) is 11.4 Å². The molecule has 2 aromatic rings. The third kappa shape index (κ3) is 4.62. The molecule has 0 bridgehead atoms. The maximum atomic E-state index is 12.7. The normalized spacial score (nSPS) is 14.6. The molecule has 0 spiro atoms. The summed E-state index contributed by atoms with van der Waals surface area (Å²) in [5.74, 6) is -0.451. The first-order valence-electron chi connectivity index (χ1n) is 9.15. The summed E-state index contributed by atoms with van der Waals surface area (Å²) in [6.07, 6.45) is 4.83. The number of nitro benzene ring substituents is 1.